The number of aryl methyl sites for hydroxylation is 1. The Morgan fingerprint density at radius 1 is 1.30 bits per heavy atom. The number of nitrogens with zero attached hydrogens (tertiary/aromatic N) is 4. The number of allylic oxidation sites excluding steroid dienone is 1. The second-order valence-corrected chi connectivity index (χ2v) is 7.56. The van der Waals surface area contributed by atoms with Gasteiger partial charge in [-0.2, -0.15) is 0 Å². The van der Waals surface area contributed by atoms with Gasteiger partial charge in [0.05, 0.1) is 17.9 Å². The summed E-state index contributed by atoms with van der Waals surface area (Å²) in [6.45, 7) is 7.72. The first-order valence-electron chi connectivity index (χ1n) is 9.72. The van der Waals surface area contributed by atoms with E-state index in [4.69, 9.17) is 4.99 Å². The second-order valence-electron chi connectivity index (χ2n) is 7.56. The SMILES string of the molecule is C=C1CN=C(n2cnc(CC)c2)C=C2c3ccc(F)c(C4CC4)c3CCN12. The number of hydrogen-bond donors (Lipinski definition) is 0. The van der Waals surface area contributed by atoms with E-state index in [1.807, 2.05) is 23.2 Å². The van der Waals surface area contributed by atoms with Crippen molar-refractivity contribution in [1.29, 1.82) is 0 Å². The van der Waals surface area contributed by atoms with Gasteiger partial charge in [0.1, 0.15) is 18.0 Å². The molecule has 3 heterocycles. The van der Waals surface area contributed by atoms with Crippen LogP contribution in [0.5, 0.6) is 0 Å². The van der Waals surface area contributed by atoms with Gasteiger partial charge in [-0.1, -0.05) is 13.5 Å². The Morgan fingerprint density at radius 3 is 2.89 bits per heavy atom. The molecule has 1 aromatic heterocycles. The fraction of sp³-hybridized carbons (Fsp3) is 0.364. The molecule has 1 fully saturated rings. The maximum atomic E-state index is 14.5. The number of imidazole rings is 1. The maximum Gasteiger partial charge on any atom is 0.135 e. The smallest absolute Gasteiger partial charge is 0.135 e. The highest BCUT2D eigenvalue weighted by molar-refractivity contribution is 6.01. The van der Waals surface area contributed by atoms with Gasteiger partial charge in [0.2, 0.25) is 0 Å². The van der Waals surface area contributed by atoms with Crippen LogP contribution in [0.3, 0.4) is 0 Å². The monoisotopic (exact) mass is 362 g/mol. The number of hydrogen-bond acceptors (Lipinski definition) is 3. The average molecular weight is 362 g/mol. The first-order chi connectivity index (χ1) is 13.2. The van der Waals surface area contributed by atoms with Crippen LogP contribution in [0.4, 0.5) is 4.39 Å². The predicted molar refractivity (Wildman–Crippen MR) is 105 cm³/mol. The highest BCUT2D eigenvalue weighted by atomic mass is 19.1. The Kier molecular flexibility index (Phi) is 3.78. The number of aromatic nitrogens is 2. The van der Waals surface area contributed by atoms with Crippen LogP contribution in [0.1, 0.15) is 48.1 Å². The van der Waals surface area contributed by atoms with Crippen molar-refractivity contribution in [3.63, 3.8) is 0 Å². The molecule has 27 heavy (non-hydrogen) atoms. The summed E-state index contributed by atoms with van der Waals surface area (Å²) in [5.41, 5.74) is 6.33. The van der Waals surface area contributed by atoms with Crippen LogP contribution in [-0.4, -0.2) is 33.4 Å². The molecule has 0 amide bonds. The molecule has 2 aromatic rings. The van der Waals surface area contributed by atoms with Crippen LogP contribution < -0.4 is 0 Å². The lowest BCUT2D eigenvalue weighted by Crippen LogP contribution is -2.30. The van der Waals surface area contributed by atoms with Crippen molar-refractivity contribution < 1.29 is 4.39 Å². The minimum Gasteiger partial charge on any atom is -0.343 e. The molecular formula is C22H23FN4. The Hall–Kier alpha value is -2.69. The Bertz CT molecular complexity index is 994. The van der Waals surface area contributed by atoms with Gasteiger partial charge >= 0.3 is 0 Å². The topological polar surface area (TPSA) is 33.4 Å². The van der Waals surface area contributed by atoms with E-state index >= 15 is 0 Å². The van der Waals surface area contributed by atoms with Crippen molar-refractivity contribution in [1.82, 2.24) is 14.5 Å². The zero-order valence-electron chi connectivity index (χ0n) is 15.6. The summed E-state index contributed by atoms with van der Waals surface area (Å²) in [7, 11) is 0. The summed E-state index contributed by atoms with van der Waals surface area (Å²) in [4.78, 5) is 11.4. The van der Waals surface area contributed by atoms with Gasteiger partial charge in [-0.15, -0.1) is 0 Å². The van der Waals surface area contributed by atoms with Gasteiger partial charge in [0.15, 0.2) is 0 Å². The normalized spacial score (nSPS) is 19.2. The highest BCUT2D eigenvalue weighted by Gasteiger charge is 2.34. The van der Waals surface area contributed by atoms with Gasteiger partial charge in [-0.05, 0) is 54.9 Å². The number of rotatable bonds is 2. The number of fused-ring (bicyclic) bond motifs is 3. The van der Waals surface area contributed by atoms with Gasteiger partial charge in [-0.3, -0.25) is 9.56 Å². The second kappa shape index (κ2) is 6.19. The molecule has 5 heteroatoms. The van der Waals surface area contributed by atoms with Crippen LogP contribution >= 0.6 is 0 Å². The minimum absolute atomic E-state index is 0.0474. The van der Waals surface area contributed by atoms with E-state index in [-0.39, 0.29) is 5.82 Å². The van der Waals surface area contributed by atoms with Gasteiger partial charge in [-0.25, -0.2) is 9.37 Å². The molecule has 0 unspecified atom stereocenters. The molecule has 1 saturated carbocycles. The molecule has 0 radical (unpaired) electrons. The number of aliphatic imine (C=N–C) groups is 1. The lowest BCUT2D eigenvalue weighted by Gasteiger charge is -2.34. The molecule has 4 nitrogen and oxygen atoms in total. The largest absolute Gasteiger partial charge is 0.343 e. The number of benzene rings is 1. The molecule has 5 rings (SSSR count). The molecule has 2 aliphatic heterocycles. The van der Waals surface area contributed by atoms with Gasteiger partial charge in [0.25, 0.3) is 0 Å². The standard InChI is InChI=1S/C22H23FN4/c1-3-16-12-26(13-25-16)21-10-20-17-6-7-19(23)22(15-4-5-15)18(17)8-9-27(20)14(2)11-24-21/h6-7,10,12-13,15H,2-5,8-9,11H2,1H3. The van der Waals surface area contributed by atoms with E-state index in [0.717, 1.165) is 66.3 Å². The fourth-order valence-electron chi connectivity index (χ4n) is 4.19. The summed E-state index contributed by atoms with van der Waals surface area (Å²) < 4.78 is 16.5. The van der Waals surface area contributed by atoms with Crippen LogP contribution in [0.25, 0.3) is 5.70 Å². The molecule has 138 valence electrons. The third-order valence-corrected chi connectivity index (χ3v) is 5.78. The molecular weight excluding hydrogens is 339 g/mol. The Labute approximate surface area is 158 Å². The van der Waals surface area contributed by atoms with E-state index in [1.165, 1.54) is 5.56 Å². The lowest BCUT2D eigenvalue weighted by molar-refractivity contribution is 0.469. The van der Waals surface area contributed by atoms with Crippen LogP contribution in [0, 0.1) is 5.82 Å². The summed E-state index contributed by atoms with van der Waals surface area (Å²) in [6, 6.07) is 3.56. The Morgan fingerprint density at radius 2 is 2.15 bits per heavy atom. The first kappa shape index (κ1) is 16.5. The first-order valence-corrected chi connectivity index (χ1v) is 9.72. The van der Waals surface area contributed by atoms with Crippen molar-refractivity contribution in [2.75, 3.05) is 13.1 Å². The Balaban J connectivity index is 1.64. The maximum absolute atomic E-state index is 14.5. The summed E-state index contributed by atoms with van der Waals surface area (Å²) in [6.07, 6.45) is 9.90. The molecule has 0 spiro atoms. The zero-order valence-corrected chi connectivity index (χ0v) is 15.6. The molecule has 1 aliphatic carbocycles. The van der Waals surface area contributed by atoms with E-state index in [1.54, 1.807) is 6.07 Å². The summed E-state index contributed by atoms with van der Waals surface area (Å²) in [5.74, 6) is 1.20. The van der Waals surface area contributed by atoms with E-state index in [0.29, 0.717) is 12.5 Å². The quantitative estimate of drug-likeness (QED) is 0.805. The van der Waals surface area contributed by atoms with Crippen LogP contribution in [-0.2, 0) is 12.8 Å². The predicted octanol–water partition coefficient (Wildman–Crippen LogP) is 4.14. The van der Waals surface area contributed by atoms with E-state index < -0.39 is 0 Å². The van der Waals surface area contributed by atoms with Gasteiger partial charge in [0, 0.05) is 30.1 Å². The molecule has 1 aromatic carbocycles. The van der Waals surface area contributed by atoms with E-state index in [2.05, 4.69) is 29.5 Å². The fourth-order valence-corrected chi connectivity index (χ4v) is 4.19. The molecule has 0 saturated heterocycles. The molecule has 0 N–H and O–H groups in total. The van der Waals surface area contributed by atoms with Gasteiger partial charge < -0.3 is 4.90 Å². The summed E-state index contributed by atoms with van der Waals surface area (Å²) >= 11 is 0. The lowest BCUT2D eigenvalue weighted by atomic mass is 9.89. The minimum atomic E-state index is -0.0474. The van der Waals surface area contributed by atoms with Crippen molar-refractivity contribution in [2.45, 2.75) is 38.5 Å². The number of halogens is 1. The van der Waals surface area contributed by atoms with Crippen molar-refractivity contribution in [3.05, 3.63) is 71.2 Å². The molecule has 0 atom stereocenters. The van der Waals surface area contributed by atoms with E-state index in [9.17, 15) is 4.39 Å². The summed E-state index contributed by atoms with van der Waals surface area (Å²) in [5, 5.41) is 0. The molecule has 0 bridgehead atoms. The van der Waals surface area contributed by atoms with Crippen LogP contribution in [0.15, 0.2) is 48.0 Å². The van der Waals surface area contributed by atoms with Crippen LogP contribution in [0.2, 0.25) is 0 Å². The zero-order chi connectivity index (χ0) is 18.5. The average Bonchev–Trinajstić information content (AvgIpc) is 3.42. The van der Waals surface area contributed by atoms with Crippen molar-refractivity contribution >= 4 is 11.5 Å². The van der Waals surface area contributed by atoms with Crippen molar-refractivity contribution in [3.8, 4) is 0 Å². The molecule has 3 aliphatic rings. The third kappa shape index (κ3) is 2.73. The van der Waals surface area contributed by atoms with Crippen molar-refractivity contribution in [2.24, 2.45) is 4.99 Å². The highest BCUT2D eigenvalue weighted by Crippen LogP contribution is 2.46. The third-order valence-electron chi connectivity index (χ3n) is 5.78.